The maximum absolute atomic E-state index is 2.44. The maximum atomic E-state index is 2.44. The number of hydrogen-bond donors (Lipinski definition) is 0. The first-order valence-corrected chi connectivity index (χ1v) is 24.4. The molecule has 69 heavy (non-hydrogen) atoms. The molecule has 0 saturated heterocycles. The Bertz CT molecular complexity index is 3900. The molecular formula is C66H47N3. The third-order valence-electron chi connectivity index (χ3n) is 14.8. The molecule has 0 bridgehead atoms. The number of para-hydroxylation sites is 3. The van der Waals surface area contributed by atoms with Gasteiger partial charge in [0.05, 0.1) is 33.1 Å². The van der Waals surface area contributed by atoms with Crippen molar-refractivity contribution in [3.63, 3.8) is 0 Å². The Morgan fingerprint density at radius 1 is 0.290 bits per heavy atom. The van der Waals surface area contributed by atoms with Gasteiger partial charge in [0.15, 0.2) is 0 Å². The van der Waals surface area contributed by atoms with Crippen molar-refractivity contribution in [2.75, 3.05) is 0 Å². The van der Waals surface area contributed by atoms with Gasteiger partial charge in [0.25, 0.3) is 0 Å². The quantitative estimate of drug-likeness (QED) is 0.151. The highest BCUT2D eigenvalue weighted by Gasteiger charge is 2.22. The summed E-state index contributed by atoms with van der Waals surface area (Å²) in [6.45, 7) is 0. The van der Waals surface area contributed by atoms with Gasteiger partial charge in [0.1, 0.15) is 0 Å². The summed E-state index contributed by atoms with van der Waals surface area (Å²) in [7, 11) is 0. The van der Waals surface area contributed by atoms with E-state index in [1.807, 2.05) is 0 Å². The molecule has 3 heterocycles. The molecule has 0 radical (unpaired) electrons. The number of allylic oxidation sites excluding steroid dienone is 8. The Labute approximate surface area is 401 Å². The van der Waals surface area contributed by atoms with Crippen LogP contribution in [0.5, 0.6) is 0 Å². The lowest BCUT2D eigenvalue weighted by Gasteiger charge is -2.12. The molecular weight excluding hydrogens is 835 g/mol. The Morgan fingerprint density at radius 2 is 0.638 bits per heavy atom. The first kappa shape index (κ1) is 39.5. The molecule has 2 aliphatic rings. The molecule has 0 atom stereocenters. The molecule has 3 aromatic heterocycles. The Hall–Kier alpha value is -8.66. The zero-order chi connectivity index (χ0) is 45.4. The second kappa shape index (κ2) is 16.0. The van der Waals surface area contributed by atoms with Crippen LogP contribution in [0.3, 0.4) is 0 Å². The topological polar surface area (TPSA) is 14.8 Å². The van der Waals surface area contributed by atoms with Gasteiger partial charge in [0, 0.05) is 49.4 Å². The molecule has 12 aromatic rings. The number of fused-ring (bicyclic) bond motifs is 9. The summed E-state index contributed by atoms with van der Waals surface area (Å²) < 4.78 is 7.32. The van der Waals surface area contributed by atoms with Crippen molar-refractivity contribution in [2.45, 2.75) is 25.7 Å². The van der Waals surface area contributed by atoms with Crippen LogP contribution in [0.4, 0.5) is 0 Å². The van der Waals surface area contributed by atoms with E-state index in [0.717, 1.165) is 31.4 Å². The van der Waals surface area contributed by atoms with E-state index in [1.165, 1.54) is 121 Å². The standard InChI is InChI=1S/C66H47N3/c1-6-18-44(19-7-1)53-28-16-30-63-65(53)57-42-48(34-38-61(57)68(63)51-24-12-4-13-25-51)46-32-36-59-55(40-46)56-41-47(33-37-60(56)67(59)50-22-10-3-11-23-50)49-35-39-62-58(43-49)66-54(45-20-8-2-9-21-45)29-17-31-64(66)69(62)52-26-14-5-15-27-52/h1-6,8,10-18,20,22-43H,7,9,19,21H2. The molecule has 9 aromatic carbocycles. The summed E-state index contributed by atoms with van der Waals surface area (Å²) in [4.78, 5) is 0. The van der Waals surface area contributed by atoms with E-state index in [9.17, 15) is 0 Å². The maximum Gasteiger partial charge on any atom is 0.0547 e. The number of hydrogen-bond acceptors (Lipinski definition) is 0. The average molecular weight is 882 g/mol. The normalized spacial score (nSPS) is 13.9. The SMILES string of the molecule is C1=CCCC(c2cccc3c2c2cc(-c4ccc5c(c4)c4cc(-c6ccc7c(c6)c6c(C8=CC=CCC8)cccc6n7-c6ccccc6)ccc4n5-c4ccccc4)ccc2n3-c2ccccc2)=C1. The fraction of sp³-hybridized carbons (Fsp3) is 0.0606. The van der Waals surface area contributed by atoms with Crippen LogP contribution in [-0.2, 0) is 0 Å². The second-order valence-corrected chi connectivity index (χ2v) is 18.7. The predicted octanol–water partition coefficient (Wildman–Crippen LogP) is 17.8. The van der Waals surface area contributed by atoms with E-state index in [1.54, 1.807) is 0 Å². The molecule has 0 aliphatic heterocycles. The Kier molecular flexibility index (Phi) is 9.16. The van der Waals surface area contributed by atoms with Crippen LogP contribution < -0.4 is 0 Å². The summed E-state index contributed by atoms with van der Waals surface area (Å²) in [6, 6.07) is 74.5. The summed E-state index contributed by atoms with van der Waals surface area (Å²) in [6.07, 6.45) is 17.8. The summed E-state index contributed by atoms with van der Waals surface area (Å²) in [5, 5.41) is 7.65. The third-order valence-corrected chi connectivity index (χ3v) is 14.8. The Morgan fingerprint density at radius 3 is 1.00 bits per heavy atom. The highest BCUT2D eigenvalue weighted by atomic mass is 15.0. The molecule has 0 amide bonds. The first-order chi connectivity index (χ1) is 34.2. The van der Waals surface area contributed by atoms with Crippen LogP contribution in [0.1, 0.15) is 36.8 Å². The highest BCUT2D eigenvalue weighted by Crippen LogP contribution is 2.44. The van der Waals surface area contributed by atoms with E-state index in [2.05, 4.69) is 250 Å². The van der Waals surface area contributed by atoms with Gasteiger partial charge in [-0.25, -0.2) is 0 Å². The first-order valence-electron chi connectivity index (χ1n) is 24.4. The van der Waals surface area contributed by atoms with Crippen molar-refractivity contribution in [3.05, 3.63) is 248 Å². The Balaban J connectivity index is 0.974. The highest BCUT2D eigenvalue weighted by molar-refractivity contribution is 6.17. The van der Waals surface area contributed by atoms with Crippen LogP contribution in [0.25, 0.3) is 116 Å². The number of nitrogens with zero attached hydrogens (tertiary/aromatic N) is 3. The van der Waals surface area contributed by atoms with Gasteiger partial charge in [-0.05, 0) is 167 Å². The van der Waals surface area contributed by atoms with Crippen LogP contribution in [0.15, 0.2) is 237 Å². The molecule has 0 spiro atoms. The number of rotatable bonds is 7. The fourth-order valence-corrected chi connectivity index (χ4v) is 11.6. The van der Waals surface area contributed by atoms with Crippen molar-refractivity contribution in [1.29, 1.82) is 0 Å². The average Bonchev–Trinajstić information content (AvgIpc) is 4.07. The summed E-state index contributed by atoms with van der Waals surface area (Å²) >= 11 is 0. The lowest BCUT2D eigenvalue weighted by molar-refractivity contribution is 1.06. The molecule has 14 rings (SSSR count). The van der Waals surface area contributed by atoms with Crippen LogP contribution in [0.2, 0.25) is 0 Å². The molecule has 2 aliphatic carbocycles. The predicted molar refractivity (Wildman–Crippen MR) is 293 cm³/mol. The van der Waals surface area contributed by atoms with Crippen molar-refractivity contribution >= 4 is 76.6 Å². The molecule has 0 saturated carbocycles. The van der Waals surface area contributed by atoms with Gasteiger partial charge < -0.3 is 13.7 Å². The molecule has 3 nitrogen and oxygen atoms in total. The van der Waals surface area contributed by atoms with Crippen LogP contribution >= 0.6 is 0 Å². The van der Waals surface area contributed by atoms with Crippen molar-refractivity contribution < 1.29 is 0 Å². The van der Waals surface area contributed by atoms with Crippen LogP contribution in [0, 0.1) is 0 Å². The minimum absolute atomic E-state index is 1.04. The second-order valence-electron chi connectivity index (χ2n) is 18.7. The van der Waals surface area contributed by atoms with Gasteiger partial charge >= 0.3 is 0 Å². The van der Waals surface area contributed by atoms with Crippen molar-refractivity contribution in [2.24, 2.45) is 0 Å². The van der Waals surface area contributed by atoms with Gasteiger partial charge in [0.2, 0.25) is 0 Å². The zero-order valence-corrected chi connectivity index (χ0v) is 38.2. The summed E-state index contributed by atoms with van der Waals surface area (Å²) in [5.41, 5.74) is 21.1. The number of benzene rings is 9. The lowest BCUT2D eigenvalue weighted by Crippen LogP contribution is -1.94. The van der Waals surface area contributed by atoms with Crippen molar-refractivity contribution in [1.82, 2.24) is 13.7 Å². The smallest absolute Gasteiger partial charge is 0.0547 e. The summed E-state index contributed by atoms with van der Waals surface area (Å²) in [5.74, 6) is 0. The van der Waals surface area contributed by atoms with Gasteiger partial charge in [-0.1, -0.05) is 140 Å². The van der Waals surface area contributed by atoms with E-state index in [-0.39, 0.29) is 0 Å². The molecule has 326 valence electrons. The largest absolute Gasteiger partial charge is 0.309 e. The molecule has 0 unspecified atom stereocenters. The lowest BCUT2D eigenvalue weighted by atomic mass is 9.92. The van der Waals surface area contributed by atoms with Gasteiger partial charge in [-0.15, -0.1) is 0 Å². The number of aromatic nitrogens is 3. The van der Waals surface area contributed by atoms with E-state index >= 15 is 0 Å². The van der Waals surface area contributed by atoms with E-state index < -0.39 is 0 Å². The monoisotopic (exact) mass is 881 g/mol. The zero-order valence-electron chi connectivity index (χ0n) is 38.2. The van der Waals surface area contributed by atoms with Crippen LogP contribution in [-0.4, -0.2) is 13.7 Å². The molecule has 3 heteroatoms. The van der Waals surface area contributed by atoms with Gasteiger partial charge in [-0.2, -0.15) is 0 Å². The van der Waals surface area contributed by atoms with E-state index in [0.29, 0.717) is 0 Å². The minimum atomic E-state index is 1.04. The van der Waals surface area contributed by atoms with E-state index in [4.69, 9.17) is 0 Å². The molecule has 0 fully saturated rings. The van der Waals surface area contributed by atoms with Crippen molar-refractivity contribution in [3.8, 4) is 39.3 Å². The third kappa shape index (κ3) is 6.35. The minimum Gasteiger partial charge on any atom is -0.309 e. The van der Waals surface area contributed by atoms with Gasteiger partial charge in [-0.3, -0.25) is 0 Å². The fourth-order valence-electron chi connectivity index (χ4n) is 11.6. The molecule has 0 N–H and O–H groups in total.